The minimum absolute atomic E-state index is 0.323. The molecule has 8 aromatic rings. The average Bonchev–Trinajstić information content (AvgIpc) is 3.52. The van der Waals surface area contributed by atoms with Gasteiger partial charge in [0.15, 0.2) is 0 Å². The van der Waals surface area contributed by atoms with Crippen molar-refractivity contribution in [3.8, 4) is 44.5 Å². The molecule has 0 radical (unpaired) electrons. The summed E-state index contributed by atoms with van der Waals surface area (Å²) < 4.78 is 7.37. The van der Waals surface area contributed by atoms with E-state index in [1.165, 1.54) is 150 Å². The zero-order valence-electron chi connectivity index (χ0n) is 49.7. The van der Waals surface area contributed by atoms with Gasteiger partial charge in [-0.05, 0) is 0 Å². The quantitative estimate of drug-likeness (QED) is 0.0302. The molecule has 0 aliphatic heterocycles. The second kappa shape index (κ2) is 34.7. The van der Waals surface area contributed by atoms with Gasteiger partial charge in [0.2, 0.25) is 0 Å². The summed E-state index contributed by atoms with van der Waals surface area (Å²) >= 11 is -3.21. The minimum atomic E-state index is -0.802. The molecule has 0 heterocycles. The van der Waals surface area contributed by atoms with Gasteiger partial charge in [0.05, 0.1) is 0 Å². The fourth-order valence-electron chi connectivity index (χ4n) is 10.7. The molecule has 4 atom stereocenters. The van der Waals surface area contributed by atoms with Crippen molar-refractivity contribution in [2.45, 2.75) is 129 Å². The molecular weight excluding hydrogens is 1300 g/mol. The van der Waals surface area contributed by atoms with Crippen molar-refractivity contribution in [3.63, 3.8) is 0 Å². The van der Waals surface area contributed by atoms with Gasteiger partial charge in [-0.2, -0.15) is 0 Å². The molecule has 0 bridgehead atoms. The van der Waals surface area contributed by atoms with E-state index >= 15 is 0 Å². The molecule has 0 fully saturated rings. The van der Waals surface area contributed by atoms with Crippen LogP contribution in [0, 0.1) is 0 Å². The maximum absolute atomic E-state index is 7.37. The number of hydrogen-bond donors (Lipinski definition) is 0. The van der Waals surface area contributed by atoms with Crippen molar-refractivity contribution in [2.75, 3.05) is 13.2 Å². The van der Waals surface area contributed by atoms with Gasteiger partial charge in [0.1, 0.15) is 0 Å². The Bertz CT molecular complexity index is 2680. The van der Waals surface area contributed by atoms with E-state index in [0.29, 0.717) is 45.1 Å². The molecule has 8 aromatic carbocycles. The molecule has 81 heavy (non-hydrogen) atoms. The van der Waals surface area contributed by atoms with Gasteiger partial charge in [0.25, 0.3) is 0 Å². The first-order chi connectivity index (χ1) is 39.7. The normalized spacial score (nSPS) is 13.1. The Balaban J connectivity index is 1.12. The first-order valence-corrected chi connectivity index (χ1v) is 50.2. The summed E-state index contributed by atoms with van der Waals surface area (Å²) in [7, 11) is 2.39. The predicted octanol–water partition coefficient (Wildman–Crippen LogP) is 18.8. The van der Waals surface area contributed by atoms with Crippen LogP contribution in [0.1, 0.15) is 77.6 Å². The molecule has 0 N–H and O–H groups in total. The Hall–Kier alpha value is -2.33. The summed E-state index contributed by atoms with van der Waals surface area (Å²) in [5.74, 6) is 0. The first-order valence-electron chi connectivity index (χ1n) is 30.0. The van der Waals surface area contributed by atoms with Crippen LogP contribution in [0.25, 0.3) is 44.5 Å². The standard InChI is InChI=1S/C72H90As4OP4/c1-9-73(10-2)49-55-33-41-59(42-34-55)63-25-17-21-29-67(63)78-71(79-68-30-22-18-26-64(68)60-43-35-56(36-44-60)50-74(11-3)12-4)53-77-54-72(80-69-31-23-19-27-65(69)61-45-37-57(38-46-61)51-75(13-5)14-6)81-70-32-24-20-28-66(70)62-47-39-58(40-48-62)52-76(15-7)16-8/h17-48,71-72,78-81H,9-16,49-54H2,1-8H3. The molecule has 424 valence electrons. The summed E-state index contributed by atoms with van der Waals surface area (Å²) in [4.78, 5) is 0. The van der Waals surface area contributed by atoms with Crippen LogP contribution in [0.4, 0.5) is 0 Å². The molecule has 0 aromatic heterocycles. The van der Waals surface area contributed by atoms with Gasteiger partial charge in [-0.15, -0.1) is 0 Å². The van der Waals surface area contributed by atoms with E-state index in [9.17, 15) is 0 Å². The van der Waals surface area contributed by atoms with Crippen molar-refractivity contribution >= 4 is 114 Å². The second-order valence-electron chi connectivity index (χ2n) is 21.0. The van der Waals surface area contributed by atoms with Crippen molar-refractivity contribution in [1.29, 1.82) is 0 Å². The molecule has 0 saturated carbocycles. The third-order valence-corrected chi connectivity index (χ3v) is 44.5. The van der Waals surface area contributed by atoms with Gasteiger partial charge in [0, 0.05) is 0 Å². The van der Waals surface area contributed by atoms with Gasteiger partial charge in [-0.1, -0.05) is 0 Å². The van der Waals surface area contributed by atoms with E-state index in [4.69, 9.17) is 4.74 Å². The molecule has 0 aliphatic rings. The molecule has 0 amide bonds. The van der Waals surface area contributed by atoms with Gasteiger partial charge in [-0.25, -0.2) is 0 Å². The van der Waals surface area contributed by atoms with Crippen LogP contribution in [0.15, 0.2) is 194 Å². The van der Waals surface area contributed by atoms with E-state index in [0.717, 1.165) is 13.2 Å². The molecule has 8 rings (SSSR count). The van der Waals surface area contributed by atoms with E-state index in [-0.39, 0.29) is 0 Å². The monoisotopic (exact) mass is 1390 g/mol. The summed E-state index contributed by atoms with van der Waals surface area (Å²) in [6.45, 7) is 20.6. The zero-order valence-corrected chi connectivity index (χ0v) is 61.2. The number of ether oxygens (including phenoxy) is 1. The first kappa shape index (κ1) is 64.7. The van der Waals surface area contributed by atoms with Crippen molar-refractivity contribution < 1.29 is 4.74 Å². The third kappa shape index (κ3) is 19.3. The fourth-order valence-corrected chi connectivity index (χ4v) is 31.4. The number of benzene rings is 8. The number of rotatable bonds is 32. The predicted molar refractivity (Wildman–Crippen MR) is 379 cm³/mol. The fraction of sp³-hybridized carbons (Fsp3) is 0.333. The summed E-state index contributed by atoms with van der Waals surface area (Å²) in [6.07, 6.45) is 0. The van der Waals surface area contributed by atoms with Crippen LogP contribution in [-0.4, -0.2) is 82.6 Å². The summed E-state index contributed by atoms with van der Waals surface area (Å²) in [6, 6.07) is 75.8. The Morgan fingerprint density at radius 3 is 0.667 bits per heavy atom. The number of hydrogen-bond acceptors (Lipinski definition) is 1. The molecule has 1 nitrogen and oxygen atoms in total. The van der Waals surface area contributed by atoms with Crippen LogP contribution in [-0.2, 0) is 25.6 Å². The third-order valence-electron chi connectivity index (χ3n) is 15.9. The van der Waals surface area contributed by atoms with Gasteiger partial charge < -0.3 is 0 Å². The van der Waals surface area contributed by atoms with Crippen LogP contribution >= 0.6 is 34.3 Å². The van der Waals surface area contributed by atoms with Crippen LogP contribution in [0.2, 0.25) is 41.7 Å². The summed E-state index contributed by atoms with van der Waals surface area (Å²) in [5, 5.41) is 22.6. The van der Waals surface area contributed by atoms with Crippen molar-refractivity contribution in [1.82, 2.24) is 0 Å². The van der Waals surface area contributed by atoms with E-state index in [2.05, 4.69) is 250 Å². The van der Waals surface area contributed by atoms with Crippen LogP contribution in [0.3, 0.4) is 0 Å². The Labute approximate surface area is 516 Å². The molecule has 0 aliphatic carbocycles. The molecule has 0 spiro atoms. The van der Waals surface area contributed by atoms with Crippen molar-refractivity contribution in [2.24, 2.45) is 0 Å². The Kier molecular flexibility index (Phi) is 27.7. The molecule has 9 heteroatoms. The Morgan fingerprint density at radius 1 is 0.272 bits per heavy atom. The van der Waals surface area contributed by atoms with Crippen LogP contribution < -0.4 is 21.2 Å². The Morgan fingerprint density at radius 2 is 0.469 bits per heavy atom. The molecular formula is C72H90As4OP4. The molecule has 0 saturated heterocycles. The van der Waals surface area contributed by atoms with E-state index < -0.39 is 58.6 Å². The van der Waals surface area contributed by atoms with E-state index in [1.54, 1.807) is 0 Å². The second-order valence-corrected chi connectivity index (χ2v) is 52.8. The molecule has 4 unspecified atom stereocenters. The van der Waals surface area contributed by atoms with Crippen LogP contribution in [0.5, 0.6) is 0 Å². The summed E-state index contributed by atoms with van der Waals surface area (Å²) in [5.41, 5.74) is 16.9. The van der Waals surface area contributed by atoms with E-state index in [1.807, 2.05) is 0 Å². The van der Waals surface area contributed by atoms with Gasteiger partial charge >= 0.3 is 522 Å². The topological polar surface area (TPSA) is 9.23 Å². The average molecular weight is 1400 g/mol. The van der Waals surface area contributed by atoms with Crippen molar-refractivity contribution in [3.05, 3.63) is 216 Å². The SMILES string of the molecule is CC[As](CC)Cc1ccc(-c2ccccc2PC(COCC(Pc2ccccc2-c2ccc(C[As](CC)CC)cc2)Pc2ccccc2-c2ccc(C[As](CC)CC)cc2)Pc2ccccc2-c2ccc(C[As](CC)CC)cc2)cc1. The maximum atomic E-state index is 7.37. The zero-order chi connectivity index (χ0) is 56.8. The van der Waals surface area contributed by atoms with Gasteiger partial charge in [-0.3, -0.25) is 0 Å².